The molecule has 1 aliphatic rings. The number of piperidine rings is 1. The molecule has 0 saturated carbocycles. The minimum Gasteiger partial charge on any atom is -0.350 e. The van der Waals surface area contributed by atoms with Gasteiger partial charge in [-0.2, -0.15) is 5.10 Å². The number of nitrogens with zero attached hydrogens (tertiary/aromatic N) is 3. The Balaban J connectivity index is 1.67. The fraction of sp³-hybridized carbons (Fsp3) is 0.583. The van der Waals surface area contributed by atoms with Crippen LogP contribution in [0.1, 0.15) is 61.4 Å². The third kappa shape index (κ3) is 5.08. The lowest BCUT2D eigenvalue weighted by Crippen LogP contribution is -2.56. The predicted octanol–water partition coefficient (Wildman–Crippen LogP) is 4.03. The molecule has 2 heterocycles. The highest BCUT2D eigenvalue weighted by Crippen LogP contribution is 2.27. The molecule has 0 bridgehead atoms. The number of amides is 1. The number of rotatable bonds is 6. The van der Waals surface area contributed by atoms with E-state index in [0.29, 0.717) is 30.5 Å². The summed E-state index contributed by atoms with van der Waals surface area (Å²) in [4.78, 5) is 15.6. The largest absolute Gasteiger partial charge is 0.350 e. The van der Waals surface area contributed by atoms with Crippen LogP contribution in [-0.4, -0.2) is 45.8 Å². The molecule has 29 heavy (non-hydrogen) atoms. The Morgan fingerprint density at radius 1 is 1.14 bits per heavy atom. The number of hydrogen-bond acceptors (Lipinski definition) is 3. The first kappa shape index (κ1) is 21.6. The summed E-state index contributed by atoms with van der Waals surface area (Å²) >= 11 is 0. The second-order valence-electron chi connectivity index (χ2n) is 9.54. The first-order valence-electron chi connectivity index (χ1n) is 10.8. The van der Waals surface area contributed by atoms with Crippen molar-refractivity contribution in [2.24, 2.45) is 11.8 Å². The van der Waals surface area contributed by atoms with E-state index in [4.69, 9.17) is 0 Å². The van der Waals surface area contributed by atoms with Gasteiger partial charge in [0.25, 0.3) is 5.91 Å². The molecule has 2 atom stereocenters. The first-order valence-corrected chi connectivity index (χ1v) is 10.8. The van der Waals surface area contributed by atoms with Crippen LogP contribution in [0.15, 0.2) is 30.3 Å². The molecule has 0 spiro atoms. The van der Waals surface area contributed by atoms with Gasteiger partial charge in [-0.25, -0.2) is 0 Å². The van der Waals surface area contributed by atoms with Crippen molar-refractivity contribution in [3.05, 3.63) is 52.8 Å². The second kappa shape index (κ2) is 8.70. The predicted molar refractivity (Wildman–Crippen MR) is 118 cm³/mol. The summed E-state index contributed by atoms with van der Waals surface area (Å²) in [5.74, 6) is 1.38. The van der Waals surface area contributed by atoms with Gasteiger partial charge in [-0.15, -0.1) is 0 Å². The van der Waals surface area contributed by atoms with Crippen molar-refractivity contribution in [1.29, 1.82) is 0 Å². The summed E-state index contributed by atoms with van der Waals surface area (Å²) < 4.78 is 1.93. The summed E-state index contributed by atoms with van der Waals surface area (Å²) in [6, 6.07) is 10.2. The summed E-state index contributed by atoms with van der Waals surface area (Å²) in [7, 11) is 0. The molecule has 1 amide bonds. The van der Waals surface area contributed by atoms with Crippen LogP contribution in [0, 0.1) is 25.7 Å². The molecule has 5 heteroatoms. The van der Waals surface area contributed by atoms with Gasteiger partial charge in [0.15, 0.2) is 0 Å². The van der Waals surface area contributed by atoms with Crippen molar-refractivity contribution in [3.8, 4) is 0 Å². The second-order valence-corrected chi connectivity index (χ2v) is 9.54. The summed E-state index contributed by atoms with van der Waals surface area (Å²) in [6.45, 7) is 16.5. The van der Waals surface area contributed by atoms with E-state index < -0.39 is 0 Å². The van der Waals surface area contributed by atoms with E-state index in [1.54, 1.807) is 0 Å². The Labute approximate surface area is 175 Å². The van der Waals surface area contributed by atoms with Crippen molar-refractivity contribution in [2.45, 2.75) is 60.0 Å². The maximum Gasteiger partial charge on any atom is 0.255 e. The Bertz CT molecular complexity index is 830. The molecule has 2 unspecified atom stereocenters. The van der Waals surface area contributed by atoms with Crippen LogP contribution in [0.4, 0.5) is 0 Å². The zero-order valence-electron chi connectivity index (χ0n) is 18.8. The van der Waals surface area contributed by atoms with Crippen molar-refractivity contribution >= 4 is 5.91 Å². The van der Waals surface area contributed by atoms with Crippen molar-refractivity contribution in [1.82, 2.24) is 20.0 Å². The molecule has 1 aromatic heterocycles. The van der Waals surface area contributed by atoms with E-state index in [9.17, 15) is 4.79 Å². The lowest BCUT2D eigenvalue weighted by atomic mass is 9.88. The monoisotopic (exact) mass is 396 g/mol. The lowest BCUT2D eigenvalue weighted by Gasteiger charge is -2.45. The van der Waals surface area contributed by atoms with Gasteiger partial charge in [0.2, 0.25) is 0 Å². The third-order valence-electron chi connectivity index (χ3n) is 6.19. The molecular weight excluding hydrogens is 360 g/mol. The van der Waals surface area contributed by atoms with E-state index in [0.717, 1.165) is 24.5 Å². The topological polar surface area (TPSA) is 50.2 Å². The van der Waals surface area contributed by atoms with Gasteiger partial charge in [-0.05, 0) is 51.5 Å². The molecule has 0 aliphatic carbocycles. The quantitative estimate of drug-likeness (QED) is 0.802. The SMILES string of the molecule is Cc1nn(Cc2ccccc2)c(C)c1C(=O)NCC(C)(C)N1CC(C)CC(C)C1. The molecule has 1 aliphatic heterocycles. The van der Waals surface area contributed by atoms with Gasteiger partial charge >= 0.3 is 0 Å². The van der Waals surface area contributed by atoms with Crippen LogP contribution in [0.3, 0.4) is 0 Å². The molecule has 1 N–H and O–H groups in total. The van der Waals surface area contributed by atoms with Gasteiger partial charge in [0, 0.05) is 30.9 Å². The summed E-state index contributed by atoms with van der Waals surface area (Å²) in [5, 5.41) is 7.82. The Kier molecular flexibility index (Phi) is 6.47. The van der Waals surface area contributed by atoms with Crippen LogP contribution in [0.25, 0.3) is 0 Å². The minimum atomic E-state index is -0.0690. The van der Waals surface area contributed by atoms with Gasteiger partial charge in [0.05, 0.1) is 17.8 Å². The Morgan fingerprint density at radius 2 is 1.76 bits per heavy atom. The molecule has 158 valence electrons. The third-order valence-corrected chi connectivity index (χ3v) is 6.19. The maximum absolute atomic E-state index is 13.0. The van der Waals surface area contributed by atoms with Crippen LogP contribution in [-0.2, 0) is 6.54 Å². The fourth-order valence-electron chi connectivity index (χ4n) is 4.59. The Hall–Kier alpha value is -2.14. The van der Waals surface area contributed by atoms with E-state index >= 15 is 0 Å². The summed E-state index contributed by atoms with van der Waals surface area (Å²) in [5.41, 5.74) is 3.52. The molecule has 5 nitrogen and oxygen atoms in total. The number of aromatic nitrogens is 2. The zero-order valence-corrected chi connectivity index (χ0v) is 18.8. The van der Waals surface area contributed by atoms with Crippen LogP contribution in [0.5, 0.6) is 0 Å². The fourth-order valence-corrected chi connectivity index (χ4v) is 4.59. The first-order chi connectivity index (χ1) is 13.7. The molecule has 1 fully saturated rings. The van der Waals surface area contributed by atoms with Crippen molar-refractivity contribution in [3.63, 3.8) is 0 Å². The van der Waals surface area contributed by atoms with E-state index in [-0.39, 0.29) is 11.4 Å². The highest BCUT2D eigenvalue weighted by molar-refractivity contribution is 5.96. The molecule has 0 radical (unpaired) electrons. The number of carbonyl (C=O) groups is 1. The van der Waals surface area contributed by atoms with Crippen LogP contribution >= 0.6 is 0 Å². The van der Waals surface area contributed by atoms with Gasteiger partial charge in [-0.1, -0.05) is 44.2 Å². The normalized spacial score (nSPS) is 20.6. The van der Waals surface area contributed by atoms with Gasteiger partial charge in [-0.3, -0.25) is 14.4 Å². The van der Waals surface area contributed by atoms with Gasteiger partial charge < -0.3 is 5.32 Å². The summed E-state index contributed by atoms with van der Waals surface area (Å²) in [6.07, 6.45) is 1.29. The maximum atomic E-state index is 13.0. The molecule has 2 aromatic rings. The number of likely N-dealkylation sites (tertiary alicyclic amines) is 1. The molecule has 1 aromatic carbocycles. The number of hydrogen-bond donors (Lipinski definition) is 1. The molecule has 3 rings (SSSR count). The van der Waals surface area contributed by atoms with Gasteiger partial charge in [0.1, 0.15) is 0 Å². The van der Waals surface area contributed by atoms with Crippen molar-refractivity contribution < 1.29 is 4.79 Å². The standard InChI is InChI=1S/C24H36N4O/c1-17-12-18(2)14-27(13-17)24(5,6)16-25-23(29)22-19(3)26-28(20(22)4)15-21-10-8-7-9-11-21/h7-11,17-18H,12-16H2,1-6H3,(H,25,29). The van der Waals surface area contributed by atoms with E-state index in [2.05, 4.69) is 55.1 Å². The number of carbonyl (C=O) groups excluding carboxylic acids is 1. The number of aryl methyl sites for hydroxylation is 1. The molecule has 1 saturated heterocycles. The smallest absolute Gasteiger partial charge is 0.255 e. The number of benzene rings is 1. The number of nitrogens with one attached hydrogen (secondary N) is 1. The Morgan fingerprint density at radius 3 is 2.38 bits per heavy atom. The highest BCUT2D eigenvalue weighted by atomic mass is 16.1. The minimum absolute atomic E-state index is 0.0227. The average molecular weight is 397 g/mol. The zero-order chi connectivity index (χ0) is 21.2. The molecular formula is C24H36N4O. The average Bonchev–Trinajstić information content (AvgIpc) is 2.93. The van der Waals surface area contributed by atoms with Crippen LogP contribution < -0.4 is 5.32 Å². The van der Waals surface area contributed by atoms with E-state index in [1.807, 2.05) is 36.7 Å². The van der Waals surface area contributed by atoms with E-state index in [1.165, 1.54) is 12.0 Å². The highest BCUT2D eigenvalue weighted by Gasteiger charge is 2.33. The van der Waals surface area contributed by atoms with Crippen molar-refractivity contribution in [2.75, 3.05) is 19.6 Å². The van der Waals surface area contributed by atoms with Crippen LogP contribution in [0.2, 0.25) is 0 Å². The lowest BCUT2D eigenvalue weighted by molar-refractivity contribution is 0.0445.